The molecular formula is C7H15N5O. The smallest absolute Gasteiger partial charge is 0.296 e. The highest BCUT2D eigenvalue weighted by molar-refractivity contribution is 5.93. The Balaban J connectivity index is 2.72. The van der Waals surface area contributed by atoms with Crippen LogP contribution in [0.25, 0.3) is 0 Å². The molecule has 0 saturated carbocycles. The number of hydrazine groups is 1. The number of quaternary nitrogens is 1. The molecule has 0 saturated heterocycles. The Morgan fingerprint density at radius 3 is 2.54 bits per heavy atom. The van der Waals surface area contributed by atoms with Gasteiger partial charge in [-0.3, -0.25) is 0 Å². The van der Waals surface area contributed by atoms with Crippen molar-refractivity contribution in [3.8, 4) is 0 Å². The molecule has 6 heteroatoms. The Hall–Kier alpha value is -1.14. The summed E-state index contributed by atoms with van der Waals surface area (Å²) in [6.07, 6.45) is 0. The van der Waals surface area contributed by atoms with Crippen LogP contribution in [0, 0.1) is 5.41 Å². The lowest BCUT2D eigenvalue weighted by atomic mass is 9.97. The van der Waals surface area contributed by atoms with Crippen LogP contribution in [0.2, 0.25) is 0 Å². The van der Waals surface area contributed by atoms with E-state index in [1.165, 1.54) is 0 Å². The third kappa shape index (κ3) is 2.67. The molecule has 0 radical (unpaired) electrons. The Kier molecular flexibility index (Phi) is 2.53. The van der Waals surface area contributed by atoms with E-state index in [2.05, 4.69) is 21.1 Å². The Morgan fingerprint density at radius 1 is 1.54 bits per heavy atom. The van der Waals surface area contributed by atoms with E-state index < -0.39 is 5.41 Å². The third-order valence-corrected chi connectivity index (χ3v) is 1.48. The summed E-state index contributed by atoms with van der Waals surface area (Å²) in [4.78, 5) is 3.81. The first-order chi connectivity index (χ1) is 5.89. The number of nitrogens with zero attached hydrogens (tertiary/aromatic N) is 2. The summed E-state index contributed by atoms with van der Waals surface area (Å²) in [5.41, 5.74) is 4.97. The van der Waals surface area contributed by atoms with Crippen LogP contribution in [-0.2, 0) is 0 Å². The van der Waals surface area contributed by atoms with Crippen molar-refractivity contribution in [3.63, 3.8) is 0 Å². The number of rotatable bonds is 0. The SMILES string of the molecule is C[NH+]1N=C(N=C([O-])C(C)(C)C)NN1. The maximum absolute atomic E-state index is 11.4. The van der Waals surface area contributed by atoms with Crippen molar-refractivity contribution in [2.45, 2.75) is 20.8 Å². The number of hydrogen-bond acceptors (Lipinski definition) is 5. The van der Waals surface area contributed by atoms with Crippen LogP contribution in [-0.4, -0.2) is 18.9 Å². The van der Waals surface area contributed by atoms with Gasteiger partial charge in [0.2, 0.25) is 0 Å². The molecule has 1 unspecified atom stereocenters. The molecule has 0 amide bonds. The summed E-state index contributed by atoms with van der Waals surface area (Å²) >= 11 is 0. The molecule has 1 heterocycles. The fraction of sp³-hybridized carbons (Fsp3) is 0.714. The first-order valence-electron chi connectivity index (χ1n) is 4.10. The molecular weight excluding hydrogens is 170 g/mol. The molecule has 0 spiro atoms. The fourth-order valence-electron chi connectivity index (χ4n) is 0.678. The summed E-state index contributed by atoms with van der Waals surface area (Å²) in [6, 6.07) is 0. The van der Waals surface area contributed by atoms with Crippen LogP contribution in [0.5, 0.6) is 0 Å². The molecule has 6 nitrogen and oxygen atoms in total. The van der Waals surface area contributed by atoms with E-state index in [1.807, 2.05) is 20.8 Å². The van der Waals surface area contributed by atoms with Crippen LogP contribution in [0.1, 0.15) is 20.8 Å². The lowest BCUT2D eigenvalue weighted by Crippen LogP contribution is -3.10. The van der Waals surface area contributed by atoms with Gasteiger partial charge in [0.1, 0.15) is 7.05 Å². The first kappa shape index (κ1) is 9.94. The predicted molar refractivity (Wildman–Crippen MR) is 47.5 cm³/mol. The van der Waals surface area contributed by atoms with E-state index in [4.69, 9.17) is 0 Å². The summed E-state index contributed by atoms with van der Waals surface area (Å²) in [7, 11) is 1.79. The van der Waals surface area contributed by atoms with Crippen molar-refractivity contribution in [1.82, 2.24) is 11.0 Å². The molecule has 1 rings (SSSR count). The Bertz CT molecular complexity index is 252. The van der Waals surface area contributed by atoms with Crippen LogP contribution in [0.3, 0.4) is 0 Å². The average molecular weight is 185 g/mol. The van der Waals surface area contributed by atoms with Crippen LogP contribution in [0.15, 0.2) is 10.1 Å². The molecule has 1 aliphatic heterocycles. The van der Waals surface area contributed by atoms with Gasteiger partial charge in [0.15, 0.2) is 0 Å². The highest BCUT2D eigenvalue weighted by Crippen LogP contribution is 2.12. The number of hydrogen-bond donors (Lipinski definition) is 3. The maximum atomic E-state index is 11.4. The van der Waals surface area contributed by atoms with Gasteiger partial charge < -0.3 is 5.11 Å². The quantitative estimate of drug-likeness (QED) is 0.291. The van der Waals surface area contributed by atoms with Crippen molar-refractivity contribution in [1.29, 1.82) is 0 Å². The summed E-state index contributed by atoms with van der Waals surface area (Å²) < 4.78 is 0. The molecule has 3 N–H and O–H groups in total. The van der Waals surface area contributed by atoms with Crippen LogP contribution < -0.4 is 21.2 Å². The van der Waals surface area contributed by atoms with Gasteiger partial charge in [-0.05, 0) is 21.9 Å². The molecule has 74 valence electrons. The largest absolute Gasteiger partial charge is 0.861 e. The van der Waals surface area contributed by atoms with E-state index in [-0.39, 0.29) is 5.90 Å². The molecule has 0 aliphatic carbocycles. The van der Waals surface area contributed by atoms with Gasteiger partial charge in [0, 0.05) is 0 Å². The van der Waals surface area contributed by atoms with E-state index in [1.54, 1.807) is 7.05 Å². The van der Waals surface area contributed by atoms with Crippen molar-refractivity contribution < 1.29 is 10.2 Å². The zero-order valence-corrected chi connectivity index (χ0v) is 8.30. The van der Waals surface area contributed by atoms with E-state index >= 15 is 0 Å². The average Bonchev–Trinajstić information content (AvgIpc) is 2.33. The summed E-state index contributed by atoms with van der Waals surface area (Å²) in [5.74, 6) is 0.146. The second-order valence-electron chi connectivity index (χ2n) is 3.94. The van der Waals surface area contributed by atoms with Gasteiger partial charge in [0.25, 0.3) is 5.96 Å². The second-order valence-corrected chi connectivity index (χ2v) is 3.94. The van der Waals surface area contributed by atoms with E-state index in [9.17, 15) is 5.11 Å². The molecule has 0 fully saturated rings. The fourth-order valence-corrected chi connectivity index (χ4v) is 0.678. The summed E-state index contributed by atoms with van der Waals surface area (Å²) in [5, 5.41) is 16.1. The zero-order valence-electron chi connectivity index (χ0n) is 8.30. The van der Waals surface area contributed by atoms with E-state index in [0.29, 0.717) is 11.1 Å². The van der Waals surface area contributed by atoms with Gasteiger partial charge in [0.05, 0.1) is 0 Å². The maximum Gasteiger partial charge on any atom is 0.296 e. The molecule has 13 heavy (non-hydrogen) atoms. The van der Waals surface area contributed by atoms with Gasteiger partial charge in [-0.1, -0.05) is 20.8 Å². The van der Waals surface area contributed by atoms with Crippen molar-refractivity contribution in [2.75, 3.05) is 7.05 Å². The standard InChI is InChI=1S/C7H15N5O/c1-7(2,3)5(13)8-6-9-11-12(4)10-6/h11H,1-4H3,(H2,8,9,10,13). The number of guanidine groups is 1. The van der Waals surface area contributed by atoms with Gasteiger partial charge >= 0.3 is 0 Å². The highest BCUT2D eigenvalue weighted by atomic mass is 16.3. The third-order valence-electron chi connectivity index (χ3n) is 1.48. The molecule has 1 atom stereocenters. The minimum Gasteiger partial charge on any atom is -0.861 e. The van der Waals surface area contributed by atoms with Crippen LogP contribution >= 0.6 is 0 Å². The number of aliphatic imine (C=N–C) groups is 1. The second kappa shape index (κ2) is 3.31. The zero-order chi connectivity index (χ0) is 10.1. The van der Waals surface area contributed by atoms with E-state index in [0.717, 1.165) is 0 Å². The predicted octanol–water partition coefficient (Wildman–Crippen LogP) is -2.40. The molecule has 0 aromatic heterocycles. The highest BCUT2D eigenvalue weighted by Gasteiger charge is 2.15. The summed E-state index contributed by atoms with van der Waals surface area (Å²) in [6.45, 7) is 5.45. The molecule has 1 aliphatic rings. The van der Waals surface area contributed by atoms with Crippen molar-refractivity contribution in [3.05, 3.63) is 0 Å². The minimum atomic E-state index is -0.458. The Labute approximate surface area is 77.3 Å². The lowest BCUT2D eigenvalue weighted by Gasteiger charge is -2.25. The van der Waals surface area contributed by atoms with Gasteiger partial charge in [-0.25, -0.2) is 10.4 Å². The number of nitrogens with one attached hydrogen (secondary N) is 3. The topological polar surface area (TPSA) is 76.3 Å². The van der Waals surface area contributed by atoms with Crippen molar-refractivity contribution >= 4 is 11.9 Å². The normalized spacial score (nSPS) is 24.2. The van der Waals surface area contributed by atoms with Crippen molar-refractivity contribution in [2.24, 2.45) is 15.5 Å². The van der Waals surface area contributed by atoms with Gasteiger partial charge in [-0.2, -0.15) is 0 Å². The molecule has 0 bridgehead atoms. The van der Waals surface area contributed by atoms with Crippen LogP contribution in [0.4, 0.5) is 0 Å². The first-order valence-corrected chi connectivity index (χ1v) is 4.10. The molecule has 0 aromatic rings. The molecule has 0 aromatic carbocycles. The van der Waals surface area contributed by atoms with Gasteiger partial charge in [-0.15, -0.1) is 5.12 Å². The monoisotopic (exact) mass is 185 g/mol. The minimum absolute atomic E-state index is 0.185. The lowest BCUT2D eigenvalue weighted by molar-refractivity contribution is -0.930. The Morgan fingerprint density at radius 2 is 2.15 bits per heavy atom.